The summed E-state index contributed by atoms with van der Waals surface area (Å²) < 4.78 is 0. The maximum Gasteiger partial charge on any atom is 0.271 e. The number of non-ortho nitro benzene ring substituents is 1. The van der Waals surface area contributed by atoms with Crippen molar-refractivity contribution in [1.82, 2.24) is 0 Å². The zero-order chi connectivity index (χ0) is 14.0. The van der Waals surface area contributed by atoms with E-state index in [2.05, 4.69) is 10.6 Å². The van der Waals surface area contributed by atoms with Crippen LogP contribution < -0.4 is 10.6 Å². The number of rotatable bonds is 5. The van der Waals surface area contributed by atoms with Gasteiger partial charge in [0.2, 0.25) is 5.91 Å². The molecule has 1 aromatic rings. The number of hydrogen-bond donors (Lipinski definition) is 2. The molecule has 6 heteroatoms. The van der Waals surface area contributed by atoms with Crippen LogP contribution in [0.1, 0.15) is 26.7 Å². The van der Waals surface area contributed by atoms with Crippen molar-refractivity contribution in [3.8, 4) is 0 Å². The molecule has 1 aromatic carbocycles. The second-order valence-corrected chi connectivity index (χ2v) is 5.05. The van der Waals surface area contributed by atoms with Crippen LogP contribution in [0.15, 0.2) is 18.2 Å². The third-order valence-electron chi connectivity index (χ3n) is 2.86. The Hall–Kier alpha value is -2.11. The van der Waals surface area contributed by atoms with Gasteiger partial charge < -0.3 is 10.6 Å². The number of carbonyl (C=O) groups is 1. The summed E-state index contributed by atoms with van der Waals surface area (Å²) in [6.45, 7) is 3.93. The van der Waals surface area contributed by atoms with Gasteiger partial charge in [-0.3, -0.25) is 14.9 Å². The molecule has 0 unspecified atom stereocenters. The Bertz CT molecular complexity index is 510. The monoisotopic (exact) mass is 263 g/mol. The van der Waals surface area contributed by atoms with E-state index in [1.54, 1.807) is 6.07 Å². The first kappa shape index (κ1) is 13.3. The first-order chi connectivity index (χ1) is 8.97. The smallest absolute Gasteiger partial charge is 0.271 e. The van der Waals surface area contributed by atoms with Crippen LogP contribution >= 0.6 is 0 Å². The highest BCUT2D eigenvalue weighted by Crippen LogP contribution is 2.33. The van der Waals surface area contributed by atoms with E-state index < -0.39 is 4.92 Å². The fourth-order valence-electron chi connectivity index (χ4n) is 1.77. The fraction of sp³-hybridized carbons (Fsp3) is 0.462. The maximum absolute atomic E-state index is 11.8. The van der Waals surface area contributed by atoms with Gasteiger partial charge in [-0.05, 0) is 32.8 Å². The van der Waals surface area contributed by atoms with E-state index in [0.29, 0.717) is 11.4 Å². The third-order valence-corrected chi connectivity index (χ3v) is 2.86. The summed E-state index contributed by atoms with van der Waals surface area (Å²) in [4.78, 5) is 22.1. The highest BCUT2D eigenvalue weighted by atomic mass is 16.6. The summed E-state index contributed by atoms with van der Waals surface area (Å²) in [5.74, 6) is -0.00142. The van der Waals surface area contributed by atoms with E-state index in [1.165, 1.54) is 12.1 Å². The molecule has 0 spiro atoms. The van der Waals surface area contributed by atoms with Gasteiger partial charge in [0.25, 0.3) is 5.69 Å². The largest absolute Gasteiger partial charge is 0.381 e. The molecule has 1 fully saturated rings. The summed E-state index contributed by atoms with van der Waals surface area (Å²) in [6, 6.07) is 4.63. The molecule has 0 saturated heterocycles. The summed E-state index contributed by atoms with van der Waals surface area (Å²) >= 11 is 0. The number of nitrogens with zero attached hydrogens (tertiary/aromatic N) is 1. The summed E-state index contributed by atoms with van der Waals surface area (Å²) in [7, 11) is 0. The van der Waals surface area contributed by atoms with Gasteiger partial charge in [0.05, 0.1) is 16.3 Å². The lowest BCUT2D eigenvalue weighted by Gasteiger charge is -2.15. The van der Waals surface area contributed by atoms with E-state index in [9.17, 15) is 14.9 Å². The maximum atomic E-state index is 11.8. The minimum absolute atomic E-state index is 0.0274. The lowest BCUT2D eigenvalue weighted by molar-refractivity contribution is -0.384. The van der Waals surface area contributed by atoms with E-state index in [0.717, 1.165) is 12.8 Å². The Morgan fingerprint density at radius 2 is 2.05 bits per heavy atom. The number of anilines is 2. The standard InChI is InChI=1S/C13H17N3O3/c1-8(2)14-11-6-5-10(16(18)19)7-12(11)15-13(17)9-3-4-9/h5-9,14H,3-4H2,1-2H3,(H,15,17). The number of amides is 1. The van der Waals surface area contributed by atoms with Gasteiger partial charge in [0, 0.05) is 24.1 Å². The molecule has 0 heterocycles. The average molecular weight is 263 g/mol. The van der Waals surface area contributed by atoms with Gasteiger partial charge in [0.15, 0.2) is 0 Å². The van der Waals surface area contributed by atoms with Crippen molar-refractivity contribution in [3.63, 3.8) is 0 Å². The van der Waals surface area contributed by atoms with E-state index in [-0.39, 0.29) is 23.6 Å². The lowest BCUT2D eigenvalue weighted by Crippen LogP contribution is -2.17. The molecular formula is C13H17N3O3. The van der Waals surface area contributed by atoms with Crippen LogP contribution in [0, 0.1) is 16.0 Å². The number of hydrogen-bond acceptors (Lipinski definition) is 4. The van der Waals surface area contributed by atoms with Gasteiger partial charge in [0.1, 0.15) is 0 Å². The molecule has 0 bridgehead atoms. The number of benzene rings is 1. The molecule has 2 rings (SSSR count). The zero-order valence-corrected chi connectivity index (χ0v) is 11.0. The highest BCUT2D eigenvalue weighted by Gasteiger charge is 2.30. The summed E-state index contributed by atoms with van der Waals surface area (Å²) in [6.07, 6.45) is 1.79. The minimum atomic E-state index is -0.466. The summed E-state index contributed by atoms with van der Waals surface area (Å²) in [5.41, 5.74) is 1.15. The number of nitro groups is 1. The van der Waals surface area contributed by atoms with Gasteiger partial charge in [-0.25, -0.2) is 0 Å². The molecule has 1 aliphatic rings. The van der Waals surface area contributed by atoms with Crippen LogP contribution in [0.3, 0.4) is 0 Å². The lowest BCUT2D eigenvalue weighted by atomic mass is 10.2. The summed E-state index contributed by atoms with van der Waals surface area (Å²) in [5, 5.41) is 16.7. The Morgan fingerprint density at radius 3 is 2.58 bits per heavy atom. The third kappa shape index (κ3) is 3.43. The van der Waals surface area contributed by atoms with Crippen molar-refractivity contribution in [2.45, 2.75) is 32.7 Å². The second kappa shape index (κ2) is 5.26. The first-order valence-corrected chi connectivity index (χ1v) is 6.33. The van der Waals surface area contributed by atoms with Gasteiger partial charge >= 0.3 is 0 Å². The molecular weight excluding hydrogens is 246 g/mol. The van der Waals surface area contributed by atoms with Gasteiger partial charge in [-0.2, -0.15) is 0 Å². The van der Waals surface area contributed by atoms with Crippen molar-refractivity contribution in [2.75, 3.05) is 10.6 Å². The molecule has 102 valence electrons. The molecule has 0 atom stereocenters. The molecule has 6 nitrogen and oxygen atoms in total. The van der Waals surface area contributed by atoms with E-state index in [4.69, 9.17) is 0 Å². The molecule has 0 radical (unpaired) electrons. The SMILES string of the molecule is CC(C)Nc1ccc([N+](=O)[O-])cc1NC(=O)C1CC1. The predicted molar refractivity (Wildman–Crippen MR) is 73.2 cm³/mol. The minimum Gasteiger partial charge on any atom is -0.381 e. The van der Waals surface area contributed by atoms with Crippen molar-refractivity contribution in [2.24, 2.45) is 5.92 Å². The van der Waals surface area contributed by atoms with Crippen LogP contribution in [0.5, 0.6) is 0 Å². The number of nitro benzene ring substituents is 1. The Kier molecular flexibility index (Phi) is 3.69. The molecule has 1 saturated carbocycles. The van der Waals surface area contributed by atoms with E-state index in [1.807, 2.05) is 13.8 Å². The van der Waals surface area contributed by atoms with Gasteiger partial charge in [-0.1, -0.05) is 0 Å². The topological polar surface area (TPSA) is 84.3 Å². The van der Waals surface area contributed by atoms with Crippen molar-refractivity contribution in [1.29, 1.82) is 0 Å². The quantitative estimate of drug-likeness (QED) is 0.632. The molecule has 2 N–H and O–H groups in total. The van der Waals surface area contributed by atoms with Crippen LogP contribution in [-0.2, 0) is 4.79 Å². The van der Waals surface area contributed by atoms with Crippen molar-refractivity contribution < 1.29 is 9.72 Å². The molecule has 1 aliphatic carbocycles. The Labute approximate surface area is 111 Å². The van der Waals surface area contributed by atoms with Crippen molar-refractivity contribution in [3.05, 3.63) is 28.3 Å². The van der Waals surface area contributed by atoms with E-state index >= 15 is 0 Å². The fourth-order valence-corrected chi connectivity index (χ4v) is 1.77. The molecule has 0 aromatic heterocycles. The highest BCUT2D eigenvalue weighted by molar-refractivity contribution is 5.97. The second-order valence-electron chi connectivity index (χ2n) is 5.05. The first-order valence-electron chi connectivity index (χ1n) is 6.33. The Morgan fingerprint density at radius 1 is 1.37 bits per heavy atom. The predicted octanol–water partition coefficient (Wildman–Crippen LogP) is 2.76. The van der Waals surface area contributed by atoms with Crippen LogP contribution in [0.2, 0.25) is 0 Å². The number of carbonyl (C=O) groups excluding carboxylic acids is 1. The molecule has 19 heavy (non-hydrogen) atoms. The molecule has 0 aliphatic heterocycles. The van der Waals surface area contributed by atoms with Crippen LogP contribution in [-0.4, -0.2) is 16.9 Å². The van der Waals surface area contributed by atoms with Crippen LogP contribution in [0.4, 0.5) is 17.1 Å². The number of nitrogens with one attached hydrogen (secondary N) is 2. The normalized spacial score (nSPS) is 14.3. The van der Waals surface area contributed by atoms with Crippen LogP contribution in [0.25, 0.3) is 0 Å². The molecule has 1 amide bonds. The Balaban J connectivity index is 2.25. The average Bonchev–Trinajstić information content (AvgIpc) is 3.14. The zero-order valence-electron chi connectivity index (χ0n) is 11.0. The van der Waals surface area contributed by atoms with Crippen molar-refractivity contribution >= 4 is 23.0 Å². The van der Waals surface area contributed by atoms with Gasteiger partial charge in [-0.15, -0.1) is 0 Å².